The fourth-order valence-corrected chi connectivity index (χ4v) is 3.55. The summed E-state index contributed by atoms with van der Waals surface area (Å²) in [4.78, 5) is 1.30. The Morgan fingerprint density at radius 3 is 2.72 bits per heavy atom. The number of hydrogen-bond donors (Lipinski definition) is 1. The van der Waals surface area contributed by atoms with Gasteiger partial charge in [0.15, 0.2) is 0 Å². The minimum atomic E-state index is 0.595. The number of anilines is 1. The molecule has 0 fully saturated rings. The van der Waals surface area contributed by atoms with Gasteiger partial charge in [-0.15, -0.1) is 11.3 Å². The van der Waals surface area contributed by atoms with Gasteiger partial charge in [-0.25, -0.2) is 0 Å². The van der Waals surface area contributed by atoms with Crippen LogP contribution in [-0.4, -0.2) is 7.11 Å². The third-order valence-corrected chi connectivity index (χ3v) is 4.86. The monoisotopic (exact) mass is 389 g/mol. The summed E-state index contributed by atoms with van der Waals surface area (Å²) in [6.07, 6.45) is 0. The molecule has 5 heteroatoms. The van der Waals surface area contributed by atoms with Crippen LogP contribution >= 0.6 is 43.2 Å². The van der Waals surface area contributed by atoms with Crippen LogP contribution in [0.4, 0.5) is 5.69 Å². The van der Waals surface area contributed by atoms with Gasteiger partial charge in [0.1, 0.15) is 0 Å². The molecule has 1 aromatic heterocycles. The van der Waals surface area contributed by atoms with Crippen molar-refractivity contribution in [1.82, 2.24) is 0 Å². The molecule has 0 aliphatic rings. The molecule has 0 aliphatic heterocycles. The van der Waals surface area contributed by atoms with Crippen LogP contribution in [0.1, 0.15) is 10.4 Å². The van der Waals surface area contributed by atoms with E-state index in [0.717, 1.165) is 26.1 Å². The Morgan fingerprint density at radius 1 is 1.22 bits per heavy atom. The lowest BCUT2D eigenvalue weighted by atomic mass is 10.2. The standard InChI is InChI=1S/C13H13Br2NOS/c1-17-8-10-11(14)3-2-4-12(10)16-7-9-5-6-13(15)18-9/h2-6,16H,7-8H2,1H3. The molecule has 2 aromatic rings. The van der Waals surface area contributed by atoms with E-state index in [1.807, 2.05) is 12.1 Å². The Kier molecular flexibility index (Phi) is 5.24. The largest absolute Gasteiger partial charge is 0.380 e. The van der Waals surface area contributed by atoms with E-state index in [2.05, 4.69) is 55.4 Å². The zero-order valence-electron chi connectivity index (χ0n) is 9.87. The maximum atomic E-state index is 5.23. The molecule has 0 unspecified atom stereocenters. The first-order valence-electron chi connectivity index (χ1n) is 5.45. The van der Waals surface area contributed by atoms with Crippen molar-refractivity contribution >= 4 is 48.9 Å². The fourth-order valence-electron chi connectivity index (χ4n) is 1.64. The van der Waals surface area contributed by atoms with Crippen LogP contribution < -0.4 is 5.32 Å². The van der Waals surface area contributed by atoms with Crippen molar-refractivity contribution in [2.45, 2.75) is 13.2 Å². The van der Waals surface area contributed by atoms with E-state index >= 15 is 0 Å². The van der Waals surface area contributed by atoms with Crippen molar-refractivity contribution in [2.75, 3.05) is 12.4 Å². The Labute approximate surface area is 128 Å². The fraction of sp³-hybridized carbons (Fsp3) is 0.231. The molecule has 0 saturated carbocycles. The van der Waals surface area contributed by atoms with Gasteiger partial charge in [0.25, 0.3) is 0 Å². The highest BCUT2D eigenvalue weighted by Crippen LogP contribution is 2.27. The first-order chi connectivity index (χ1) is 8.70. The smallest absolute Gasteiger partial charge is 0.0744 e. The summed E-state index contributed by atoms with van der Waals surface area (Å²) in [5, 5.41) is 3.45. The van der Waals surface area contributed by atoms with Crippen molar-refractivity contribution in [3.63, 3.8) is 0 Å². The van der Waals surface area contributed by atoms with Crippen LogP contribution in [0, 0.1) is 0 Å². The second-order valence-corrected chi connectivity index (χ2v) is 7.16. The van der Waals surface area contributed by atoms with Crippen molar-refractivity contribution < 1.29 is 4.74 Å². The molecule has 0 atom stereocenters. The van der Waals surface area contributed by atoms with E-state index in [-0.39, 0.29) is 0 Å². The lowest BCUT2D eigenvalue weighted by Gasteiger charge is -2.12. The molecular weight excluding hydrogens is 378 g/mol. The predicted molar refractivity (Wildman–Crippen MR) is 84.2 cm³/mol. The topological polar surface area (TPSA) is 21.3 Å². The number of benzene rings is 1. The molecule has 0 aliphatic carbocycles. The van der Waals surface area contributed by atoms with Crippen LogP contribution in [0.25, 0.3) is 0 Å². The van der Waals surface area contributed by atoms with Gasteiger partial charge in [0.05, 0.1) is 10.4 Å². The van der Waals surface area contributed by atoms with Gasteiger partial charge in [0, 0.05) is 34.3 Å². The average molecular weight is 391 g/mol. The van der Waals surface area contributed by atoms with E-state index in [4.69, 9.17) is 4.74 Å². The van der Waals surface area contributed by atoms with E-state index < -0.39 is 0 Å². The zero-order valence-corrected chi connectivity index (χ0v) is 13.9. The van der Waals surface area contributed by atoms with Crippen LogP contribution in [0.5, 0.6) is 0 Å². The molecule has 96 valence electrons. The number of hydrogen-bond acceptors (Lipinski definition) is 3. The number of ether oxygens (including phenoxy) is 1. The molecule has 0 amide bonds. The first kappa shape index (κ1) is 14.1. The highest BCUT2D eigenvalue weighted by atomic mass is 79.9. The summed E-state index contributed by atoms with van der Waals surface area (Å²) >= 11 is 8.77. The van der Waals surface area contributed by atoms with Crippen LogP contribution in [0.15, 0.2) is 38.6 Å². The van der Waals surface area contributed by atoms with Crippen LogP contribution in [0.3, 0.4) is 0 Å². The molecule has 2 nitrogen and oxygen atoms in total. The summed E-state index contributed by atoms with van der Waals surface area (Å²) in [5.74, 6) is 0. The summed E-state index contributed by atoms with van der Waals surface area (Å²) in [6.45, 7) is 1.42. The second-order valence-electron chi connectivity index (χ2n) is 3.76. The van der Waals surface area contributed by atoms with Gasteiger partial charge in [-0.1, -0.05) is 22.0 Å². The van der Waals surface area contributed by atoms with E-state index in [1.165, 1.54) is 4.88 Å². The van der Waals surface area contributed by atoms with Gasteiger partial charge in [-0.05, 0) is 40.2 Å². The first-order valence-corrected chi connectivity index (χ1v) is 7.85. The summed E-state index contributed by atoms with van der Waals surface area (Å²) < 4.78 is 7.46. The van der Waals surface area contributed by atoms with Crippen molar-refractivity contribution in [2.24, 2.45) is 0 Å². The molecule has 1 heterocycles. The van der Waals surface area contributed by atoms with Crippen LogP contribution in [0.2, 0.25) is 0 Å². The Hall–Kier alpha value is -0.360. The SMILES string of the molecule is COCc1c(Br)cccc1NCc1ccc(Br)s1. The van der Waals surface area contributed by atoms with E-state index in [0.29, 0.717) is 6.61 Å². The van der Waals surface area contributed by atoms with Crippen molar-refractivity contribution in [3.8, 4) is 0 Å². The molecule has 0 radical (unpaired) electrons. The molecule has 1 N–H and O–H groups in total. The van der Waals surface area contributed by atoms with Gasteiger partial charge >= 0.3 is 0 Å². The van der Waals surface area contributed by atoms with Gasteiger partial charge in [0.2, 0.25) is 0 Å². The van der Waals surface area contributed by atoms with E-state index in [1.54, 1.807) is 18.4 Å². The van der Waals surface area contributed by atoms with Gasteiger partial charge < -0.3 is 10.1 Å². The number of halogens is 2. The number of rotatable bonds is 5. The Morgan fingerprint density at radius 2 is 2.06 bits per heavy atom. The lowest BCUT2D eigenvalue weighted by Crippen LogP contribution is -2.02. The third kappa shape index (κ3) is 3.57. The molecule has 1 aromatic carbocycles. The minimum absolute atomic E-state index is 0.595. The minimum Gasteiger partial charge on any atom is -0.380 e. The highest BCUT2D eigenvalue weighted by Gasteiger charge is 2.06. The Bertz CT molecular complexity index is 527. The predicted octanol–water partition coefficient (Wildman–Crippen LogP) is 5.03. The summed E-state index contributed by atoms with van der Waals surface area (Å²) in [5.41, 5.74) is 2.26. The average Bonchev–Trinajstić information content (AvgIpc) is 2.76. The molecule has 2 rings (SSSR count). The molecule has 0 saturated heterocycles. The zero-order chi connectivity index (χ0) is 13.0. The maximum absolute atomic E-state index is 5.23. The van der Waals surface area contributed by atoms with Gasteiger partial charge in [-0.3, -0.25) is 0 Å². The molecule has 0 bridgehead atoms. The van der Waals surface area contributed by atoms with Gasteiger partial charge in [-0.2, -0.15) is 0 Å². The van der Waals surface area contributed by atoms with E-state index in [9.17, 15) is 0 Å². The third-order valence-electron chi connectivity index (χ3n) is 2.49. The Balaban J connectivity index is 2.11. The summed E-state index contributed by atoms with van der Waals surface area (Å²) in [7, 11) is 1.71. The second kappa shape index (κ2) is 6.70. The van der Waals surface area contributed by atoms with Crippen molar-refractivity contribution in [3.05, 3.63) is 49.0 Å². The highest BCUT2D eigenvalue weighted by molar-refractivity contribution is 9.11. The summed E-state index contributed by atoms with van der Waals surface area (Å²) in [6, 6.07) is 10.3. The molecule has 0 spiro atoms. The van der Waals surface area contributed by atoms with Crippen molar-refractivity contribution in [1.29, 1.82) is 0 Å². The number of nitrogens with one attached hydrogen (secondary N) is 1. The molecule has 18 heavy (non-hydrogen) atoms. The lowest BCUT2D eigenvalue weighted by molar-refractivity contribution is 0.185. The maximum Gasteiger partial charge on any atom is 0.0744 e. The number of thiophene rings is 1. The number of methoxy groups -OCH3 is 1. The van der Waals surface area contributed by atoms with Crippen LogP contribution in [-0.2, 0) is 17.9 Å². The molecular formula is C13H13Br2NOS. The quantitative estimate of drug-likeness (QED) is 0.772. The normalized spacial score (nSPS) is 10.6.